The van der Waals surface area contributed by atoms with E-state index in [0.29, 0.717) is 28.0 Å². The Balaban J connectivity index is 1.63. The van der Waals surface area contributed by atoms with Gasteiger partial charge in [-0.15, -0.1) is 0 Å². The first kappa shape index (κ1) is 29.4. The van der Waals surface area contributed by atoms with Gasteiger partial charge in [0.15, 0.2) is 0 Å². The Morgan fingerprint density at radius 2 is 1.50 bits per heavy atom. The van der Waals surface area contributed by atoms with Crippen LogP contribution in [0.4, 0.5) is 17.1 Å². The Labute approximate surface area is 257 Å². The van der Waals surface area contributed by atoms with E-state index in [4.69, 9.17) is 9.41 Å². The van der Waals surface area contributed by atoms with E-state index in [1.807, 2.05) is 55.5 Å². The van der Waals surface area contributed by atoms with Crippen molar-refractivity contribution in [2.75, 3.05) is 5.32 Å². The molecule has 0 radical (unpaired) electrons. The number of hydrogen-bond donors (Lipinski definition) is 2. The molecule has 44 heavy (non-hydrogen) atoms. The largest absolute Gasteiger partial charge is 0.456 e. The molecular weight excluding hydrogens is 568 g/mol. The van der Waals surface area contributed by atoms with Crippen LogP contribution in [0.2, 0.25) is 0 Å². The van der Waals surface area contributed by atoms with Gasteiger partial charge in [-0.3, -0.25) is 4.55 Å². The van der Waals surface area contributed by atoms with Gasteiger partial charge in [-0.1, -0.05) is 68.4 Å². The smallest absolute Gasteiger partial charge is 0.295 e. The zero-order chi connectivity index (χ0) is 31.0. The van der Waals surface area contributed by atoms with Crippen molar-refractivity contribution in [2.24, 2.45) is 4.99 Å². The van der Waals surface area contributed by atoms with Crippen molar-refractivity contribution in [1.82, 2.24) is 0 Å². The second-order valence-electron chi connectivity index (χ2n) is 11.0. The summed E-state index contributed by atoms with van der Waals surface area (Å²) in [4.78, 5) is 4.83. The predicted molar refractivity (Wildman–Crippen MR) is 178 cm³/mol. The summed E-state index contributed by atoms with van der Waals surface area (Å²) in [5.74, 6) is 0.549. The molecule has 1 aliphatic carbocycles. The molecule has 2 N–H and O–H groups in total. The van der Waals surface area contributed by atoms with E-state index in [-0.39, 0.29) is 4.90 Å². The average Bonchev–Trinajstić information content (AvgIpc) is 3.01. The molecule has 0 fully saturated rings. The van der Waals surface area contributed by atoms with Gasteiger partial charge >= 0.3 is 0 Å². The third-order valence-electron chi connectivity index (χ3n) is 8.09. The number of para-hydroxylation sites is 2. The molecule has 7 heteroatoms. The zero-order valence-corrected chi connectivity index (χ0v) is 26.0. The Morgan fingerprint density at radius 3 is 2.25 bits per heavy atom. The first-order valence-corrected chi connectivity index (χ1v) is 16.2. The van der Waals surface area contributed by atoms with Crippen molar-refractivity contribution in [3.63, 3.8) is 0 Å². The predicted octanol–water partition coefficient (Wildman–Crippen LogP) is 9.17. The molecule has 0 unspecified atom stereocenters. The SMILES string of the molecule is CCc1cccc(C)c1N=c1ccc2c(-c3ccccc3S(=O)(=O)O)c3ccc(Nc4c(C)cccc4CC)cc3oc-2c1. The Morgan fingerprint density at radius 1 is 0.773 bits per heavy atom. The lowest BCUT2D eigenvalue weighted by atomic mass is 9.93. The van der Waals surface area contributed by atoms with Crippen LogP contribution in [0.25, 0.3) is 33.4 Å². The number of anilines is 2. The highest BCUT2D eigenvalue weighted by Gasteiger charge is 2.23. The number of fused-ring (bicyclic) bond motifs is 2. The second-order valence-corrected chi connectivity index (χ2v) is 12.4. The van der Waals surface area contributed by atoms with Crippen molar-refractivity contribution < 1.29 is 17.4 Å². The minimum atomic E-state index is -4.50. The minimum absolute atomic E-state index is 0.162. The van der Waals surface area contributed by atoms with Crippen LogP contribution >= 0.6 is 0 Å². The summed E-state index contributed by atoms with van der Waals surface area (Å²) < 4.78 is 41.7. The standard InChI is InChI=1S/C37H34N2O4S/c1-5-25-13-9-11-23(3)36(25)38-27-17-19-29-32(21-27)43-33-22-28(39-37-24(4)12-10-14-26(37)6-2)18-20-30(33)35(29)31-15-7-8-16-34(31)44(40,41)42/h7-22,38H,5-6H2,1-4H3,(H,40,41,42). The minimum Gasteiger partial charge on any atom is -0.456 e. The third kappa shape index (κ3) is 5.52. The topological polar surface area (TPSA) is 91.9 Å². The first-order valence-electron chi connectivity index (χ1n) is 14.7. The molecule has 6 rings (SSSR count). The molecule has 0 spiro atoms. The highest BCUT2D eigenvalue weighted by atomic mass is 32.2. The van der Waals surface area contributed by atoms with Crippen LogP contribution in [0.1, 0.15) is 36.1 Å². The van der Waals surface area contributed by atoms with Crippen molar-refractivity contribution in [3.05, 3.63) is 125 Å². The van der Waals surface area contributed by atoms with Crippen molar-refractivity contribution in [1.29, 1.82) is 0 Å². The molecule has 4 aromatic carbocycles. The summed E-state index contributed by atoms with van der Waals surface area (Å²) in [5.41, 5.74) is 9.73. The number of aryl methyl sites for hydroxylation is 4. The molecule has 4 aromatic rings. The molecule has 1 aliphatic heterocycles. The van der Waals surface area contributed by atoms with Gasteiger partial charge < -0.3 is 9.73 Å². The normalized spacial score (nSPS) is 12.2. The molecule has 1 heterocycles. The summed E-state index contributed by atoms with van der Waals surface area (Å²) >= 11 is 0. The molecule has 0 bridgehead atoms. The summed E-state index contributed by atoms with van der Waals surface area (Å²) in [5, 5.41) is 5.02. The Hall–Kier alpha value is -4.72. The maximum absolute atomic E-state index is 12.5. The summed E-state index contributed by atoms with van der Waals surface area (Å²) in [6.45, 7) is 8.37. The molecular formula is C37H34N2O4S. The van der Waals surface area contributed by atoms with E-state index in [1.54, 1.807) is 18.2 Å². The third-order valence-corrected chi connectivity index (χ3v) is 9.00. The van der Waals surface area contributed by atoms with Crippen molar-refractivity contribution in [3.8, 4) is 22.5 Å². The van der Waals surface area contributed by atoms with Crippen molar-refractivity contribution >= 4 is 38.1 Å². The maximum atomic E-state index is 12.5. The molecule has 222 valence electrons. The number of nitrogens with one attached hydrogen (secondary N) is 1. The quantitative estimate of drug-likeness (QED) is 0.140. The van der Waals surface area contributed by atoms with Gasteiger partial charge in [-0.25, -0.2) is 4.99 Å². The van der Waals surface area contributed by atoms with Gasteiger partial charge in [0, 0.05) is 45.6 Å². The highest BCUT2D eigenvalue weighted by Crippen LogP contribution is 2.43. The Bertz CT molecular complexity index is 2180. The molecule has 0 aromatic heterocycles. The first-order chi connectivity index (χ1) is 21.2. The van der Waals surface area contributed by atoms with Crippen LogP contribution in [0.3, 0.4) is 0 Å². The van der Waals surface area contributed by atoms with E-state index in [0.717, 1.165) is 57.3 Å². The van der Waals surface area contributed by atoms with Gasteiger partial charge in [-0.05, 0) is 79.3 Å². The molecule has 0 amide bonds. The molecule has 2 aliphatic rings. The van der Waals surface area contributed by atoms with E-state index in [1.165, 1.54) is 11.6 Å². The molecule has 6 nitrogen and oxygen atoms in total. The van der Waals surface area contributed by atoms with Gasteiger partial charge in [0.1, 0.15) is 16.2 Å². The van der Waals surface area contributed by atoms with Crippen molar-refractivity contribution in [2.45, 2.75) is 45.4 Å². The average molecular weight is 603 g/mol. The van der Waals surface area contributed by atoms with Crippen LogP contribution in [-0.4, -0.2) is 13.0 Å². The number of rotatable bonds is 7. The fourth-order valence-electron chi connectivity index (χ4n) is 5.85. The van der Waals surface area contributed by atoms with Crippen LogP contribution in [0, 0.1) is 13.8 Å². The Kier molecular flexibility index (Phi) is 7.84. The van der Waals surface area contributed by atoms with E-state index < -0.39 is 10.1 Å². The fourth-order valence-corrected chi connectivity index (χ4v) is 6.55. The van der Waals surface area contributed by atoms with Gasteiger partial charge in [0.25, 0.3) is 10.1 Å². The molecule has 0 atom stereocenters. The number of hydrogen-bond acceptors (Lipinski definition) is 5. The van der Waals surface area contributed by atoms with E-state index in [9.17, 15) is 13.0 Å². The maximum Gasteiger partial charge on any atom is 0.295 e. The van der Waals surface area contributed by atoms with Crippen LogP contribution < -0.4 is 10.7 Å². The lowest BCUT2D eigenvalue weighted by Gasteiger charge is -2.19. The van der Waals surface area contributed by atoms with Crippen LogP contribution in [-0.2, 0) is 23.0 Å². The van der Waals surface area contributed by atoms with Crippen LogP contribution in [0.15, 0.2) is 111 Å². The summed E-state index contributed by atoms with van der Waals surface area (Å²) in [6.07, 6.45) is 1.74. The zero-order valence-electron chi connectivity index (χ0n) is 25.2. The van der Waals surface area contributed by atoms with E-state index >= 15 is 0 Å². The van der Waals surface area contributed by atoms with Gasteiger partial charge in [0.2, 0.25) is 0 Å². The van der Waals surface area contributed by atoms with Gasteiger partial charge in [-0.2, -0.15) is 8.42 Å². The molecule has 0 saturated carbocycles. The number of benzene rings is 5. The van der Waals surface area contributed by atoms with E-state index in [2.05, 4.69) is 50.4 Å². The highest BCUT2D eigenvalue weighted by molar-refractivity contribution is 7.86. The lowest BCUT2D eigenvalue weighted by molar-refractivity contribution is 0.483. The fraction of sp³-hybridized carbons (Fsp3) is 0.162. The summed E-state index contributed by atoms with van der Waals surface area (Å²) in [6, 6.07) is 30.4. The lowest BCUT2D eigenvalue weighted by Crippen LogP contribution is -2.05. The monoisotopic (exact) mass is 602 g/mol. The van der Waals surface area contributed by atoms with Gasteiger partial charge in [0.05, 0.1) is 11.0 Å². The number of nitrogens with zero attached hydrogens (tertiary/aromatic N) is 1. The summed E-state index contributed by atoms with van der Waals surface area (Å²) in [7, 11) is -4.50. The van der Waals surface area contributed by atoms with Crippen LogP contribution in [0.5, 0.6) is 0 Å². The second kappa shape index (κ2) is 11.8. The molecule has 0 saturated heterocycles.